The van der Waals surface area contributed by atoms with Gasteiger partial charge < -0.3 is 21.7 Å². The molecule has 8 nitrogen and oxygen atoms in total. The van der Waals surface area contributed by atoms with E-state index in [2.05, 4.69) is 46.8 Å². The Morgan fingerprint density at radius 1 is 0.962 bits per heavy atom. The summed E-state index contributed by atoms with van der Waals surface area (Å²) in [6, 6.07) is 10.9. The number of aromatic nitrogens is 3. The van der Waals surface area contributed by atoms with Crippen LogP contribution in [-0.2, 0) is 4.79 Å². The van der Waals surface area contributed by atoms with E-state index in [0.717, 1.165) is 10.2 Å². The number of nitrogens with zero attached hydrogens (tertiary/aromatic N) is 3. The van der Waals surface area contributed by atoms with E-state index in [0.29, 0.717) is 28.8 Å². The van der Waals surface area contributed by atoms with Crippen LogP contribution in [0, 0.1) is 0 Å². The highest BCUT2D eigenvalue weighted by Gasteiger charge is 2.09. The zero-order chi connectivity index (χ0) is 18.5. The summed E-state index contributed by atoms with van der Waals surface area (Å²) in [6.45, 7) is 1.46. The molecule has 9 heteroatoms. The van der Waals surface area contributed by atoms with E-state index in [9.17, 15) is 4.79 Å². The topological polar surface area (TPSA) is 118 Å². The van der Waals surface area contributed by atoms with Crippen LogP contribution in [0.1, 0.15) is 6.92 Å². The summed E-state index contributed by atoms with van der Waals surface area (Å²) in [5.41, 5.74) is 8.01. The second-order valence-corrected chi connectivity index (χ2v) is 6.27. The van der Waals surface area contributed by atoms with Crippen molar-refractivity contribution >= 4 is 56.4 Å². The highest BCUT2D eigenvalue weighted by molar-refractivity contribution is 9.10. The zero-order valence-corrected chi connectivity index (χ0v) is 15.4. The van der Waals surface area contributed by atoms with Crippen molar-refractivity contribution in [2.24, 2.45) is 0 Å². The van der Waals surface area contributed by atoms with Crippen molar-refractivity contribution in [1.29, 1.82) is 0 Å². The van der Waals surface area contributed by atoms with Crippen molar-refractivity contribution in [1.82, 2.24) is 15.0 Å². The Hall–Kier alpha value is -3.20. The van der Waals surface area contributed by atoms with E-state index in [1.807, 2.05) is 18.2 Å². The third kappa shape index (κ3) is 4.45. The van der Waals surface area contributed by atoms with Crippen LogP contribution in [0.4, 0.5) is 34.5 Å². The van der Waals surface area contributed by atoms with Crippen LogP contribution >= 0.6 is 15.9 Å². The SMILES string of the molecule is CC(=O)Nc1ccc(Nc2ncnc(Nc3ccc(Br)cn3)c2N)cc1. The standard InChI is InChI=1S/C17H16BrN7O/c1-10(26)23-12-3-5-13(6-4-12)24-16-15(19)17(22-9-21-16)25-14-7-2-11(18)8-20-14/h2-9H,19H2,1H3,(H,23,26)(H2,20,21,22,24,25). The van der Waals surface area contributed by atoms with Gasteiger partial charge in [0, 0.05) is 29.0 Å². The number of amides is 1. The Morgan fingerprint density at radius 2 is 1.62 bits per heavy atom. The van der Waals surface area contributed by atoms with Gasteiger partial charge in [-0.25, -0.2) is 15.0 Å². The van der Waals surface area contributed by atoms with Crippen molar-refractivity contribution in [2.45, 2.75) is 6.92 Å². The minimum absolute atomic E-state index is 0.122. The van der Waals surface area contributed by atoms with E-state index in [-0.39, 0.29) is 5.91 Å². The number of pyridine rings is 1. The second kappa shape index (κ2) is 7.79. The molecule has 132 valence electrons. The average molecular weight is 414 g/mol. The molecule has 3 rings (SSSR count). The number of halogens is 1. The smallest absolute Gasteiger partial charge is 0.221 e. The molecule has 0 saturated heterocycles. The van der Waals surface area contributed by atoms with Crippen molar-refractivity contribution in [3.63, 3.8) is 0 Å². The Labute approximate surface area is 158 Å². The number of nitrogen functional groups attached to an aromatic ring is 1. The first-order chi connectivity index (χ1) is 12.5. The molecule has 0 aliphatic heterocycles. The van der Waals surface area contributed by atoms with Gasteiger partial charge in [-0.15, -0.1) is 0 Å². The van der Waals surface area contributed by atoms with Gasteiger partial charge >= 0.3 is 0 Å². The maximum Gasteiger partial charge on any atom is 0.221 e. The highest BCUT2D eigenvalue weighted by atomic mass is 79.9. The summed E-state index contributed by atoms with van der Waals surface area (Å²) in [7, 11) is 0. The predicted molar refractivity (Wildman–Crippen MR) is 106 cm³/mol. The van der Waals surface area contributed by atoms with Crippen molar-refractivity contribution in [2.75, 3.05) is 21.7 Å². The van der Waals surface area contributed by atoms with Gasteiger partial charge in [0.25, 0.3) is 0 Å². The molecule has 0 unspecified atom stereocenters. The van der Waals surface area contributed by atoms with Gasteiger partial charge in [0.15, 0.2) is 11.6 Å². The lowest BCUT2D eigenvalue weighted by Gasteiger charge is -2.12. The molecule has 0 spiro atoms. The zero-order valence-electron chi connectivity index (χ0n) is 13.8. The van der Waals surface area contributed by atoms with Gasteiger partial charge in [0.2, 0.25) is 5.91 Å². The number of anilines is 6. The van der Waals surface area contributed by atoms with Crippen LogP contribution in [0.25, 0.3) is 0 Å². The first kappa shape index (κ1) is 17.6. The van der Waals surface area contributed by atoms with Crippen LogP contribution < -0.4 is 21.7 Å². The minimum Gasteiger partial charge on any atom is -0.393 e. The van der Waals surface area contributed by atoms with Gasteiger partial charge in [-0.1, -0.05) is 0 Å². The quantitative estimate of drug-likeness (QED) is 0.503. The Morgan fingerprint density at radius 3 is 2.23 bits per heavy atom. The van der Waals surface area contributed by atoms with E-state index < -0.39 is 0 Å². The molecule has 0 fully saturated rings. The van der Waals surface area contributed by atoms with Crippen LogP contribution in [0.15, 0.2) is 53.4 Å². The van der Waals surface area contributed by atoms with Crippen molar-refractivity contribution in [3.05, 3.63) is 53.4 Å². The molecule has 26 heavy (non-hydrogen) atoms. The largest absolute Gasteiger partial charge is 0.393 e. The molecule has 1 amide bonds. The van der Waals surface area contributed by atoms with E-state index in [1.165, 1.54) is 13.3 Å². The first-order valence-corrected chi connectivity index (χ1v) is 8.44. The molecular weight excluding hydrogens is 398 g/mol. The number of hydrogen-bond donors (Lipinski definition) is 4. The normalized spacial score (nSPS) is 10.2. The van der Waals surface area contributed by atoms with Gasteiger partial charge in [0.1, 0.15) is 17.8 Å². The maximum atomic E-state index is 11.1. The van der Waals surface area contributed by atoms with Gasteiger partial charge in [-0.3, -0.25) is 4.79 Å². The van der Waals surface area contributed by atoms with Gasteiger partial charge in [0.05, 0.1) is 0 Å². The fraction of sp³-hybridized carbons (Fsp3) is 0.0588. The van der Waals surface area contributed by atoms with Crippen LogP contribution in [0.5, 0.6) is 0 Å². The lowest BCUT2D eigenvalue weighted by Crippen LogP contribution is -2.06. The molecule has 5 N–H and O–H groups in total. The lowest BCUT2D eigenvalue weighted by atomic mass is 10.2. The number of carbonyl (C=O) groups excluding carboxylic acids is 1. The monoisotopic (exact) mass is 413 g/mol. The predicted octanol–water partition coefficient (Wildman–Crippen LogP) is 3.66. The summed E-state index contributed by atoms with van der Waals surface area (Å²) in [4.78, 5) is 23.6. The molecule has 0 saturated carbocycles. The summed E-state index contributed by atoms with van der Waals surface area (Å²) < 4.78 is 0.878. The van der Waals surface area contributed by atoms with Crippen LogP contribution in [-0.4, -0.2) is 20.9 Å². The van der Waals surface area contributed by atoms with E-state index in [4.69, 9.17) is 5.73 Å². The molecule has 0 aliphatic rings. The Bertz CT molecular complexity index is 913. The summed E-state index contributed by atoms with van der Waals surface area (Å²) in [5, 5.41) is 8.90. The Kier molecular flexibility index (Phi) is 5.28. The van der Waals surface area contributed by atoms with E-state index in [1.54, 1.807) is 24.4 Å². The average Bonchev–Trinajstić information content (AvgIpc) is 2.61. The van der Waals surface area contributed by atoms with Crippen molar-refractivity contribution < 1.29 is 4.79 Å². The molecule has 0 atom stereocenters. The number of benzene rings is 1. The number of carbonyl (C=O) groups is 1. The number of hydrogen-bond acceptors (Lipinski definition) is 7. The van der Waals surface area contributed by atoms with E-state index >= 15 is 0 Å². The summed E-state index contributed by atoms with van der Waals surface area (Å²) in [6.07, 6.45) is 3.08. The third-order valence-corrected chi connectivity index (χ3v) is 3.79. The molecule has 1 aromatic carbocycles. The number of nitrogens with two attached hydrogens (primary N) is 1. The van der Waals surface area contributed by atoms with Gasteiger partial charge in [-0.05, 0) is 52.3 Å². The fourth-order valence-electron chi connectivity index (χ4n) is 2.14. The molecule has 0 aliphatic carbocycles. The molecule has 3 aromatic rings. The lowest BCUT2D eigenvalue weighted by molar-refractivity contribution is -0.114. The maximum absolute atomic E-state index is 11.1. The third-order valence-electron chi connectivity index (χ3n) is 3.33. The minimum atomic E-state index is -0.122. The number of nitrogens with one attached hydrogen (secondary N) is 3. The molecule has 0 bridgehead atoms. The molecule has 2 aromatic heterocycles. The molecule has 0 radical (unpaired) electrons. The van der Waals surface area contributed by atoms with Crippen LogP contribution in [0.3, 0.4) is 0 Å². The first-order valence-electron chi connectivity index (χ1n) is 7.65. The van der Waals surface area contributed by atoms with Gasteiger partial charge in [-0.2, -0.15) is 0 Å². The highest BCUT2D eigenvalue weighted by Crippen LogP contribution is 2.28. The number of rotatable bonds is 5. The second-order valence-electron chi connectivity index (χ2n) is 5.35. The van der Waals surface area contributed by atoms with Crippen LogP contribution in [0.2, 0.25) is 0 Å². The van der Waals surface area contributed by atoms with Crippen molar-refractivity contribution in [3.8, 4) is 0 Å². The Balaban J connectivity index is 1.76. The fourth-order valence-corrected chi connectivity index (χ4v) is 2.38. The summed E-state index contributed by atoms with van der Waals surface area (Å²) >= 11 is 3.34. The summed E-state index contributed by atoms with van der Waals surface area (Å²) in [5.74, 6) is 1.41. The molecular formula is C17H16BrN7O. The molecule has 2 heterocycles.